The van der Waals surface area contributed by atoms with E-state index in [4.69, 9.17) is 0 Å². The molecule has 5 heteroatoms. The summed E-state index contributed by atoms with van der Waals surface area (Å²) in [6, 6.07) is 9.57. The third kappa shape index (κ3) is 3.11. The lowest BCUT2D eigenvalue weighted by Gasteiger charge is -2.18. The molecule has 5 nitrogen and oxygen atoms in total. The van der Waals surface area contributed by atoms with Gasteiger partial charge in [-0.3, -0.25) is 9.78 Å². The fourth-order valence-electron chi connectivity index (χ4n) is 2.24. The van der Waals surface area contributed by atoms with Crippen molar-refractivity contribution >= 4 is 22.6 Å². The van der Waals surface area contributed by atoms with Crippen LogP contribution in [0.2, 0.25) is 0 Å². The zero-order valence-corrected chi connectivity index (χ0v) is 12.0. The highest BCUT2D eigenvalue weighted by molar-refractivity contribution is 5.94. The lowest BCUT2D eigenvalue weighted by atomic mass is 9.95. The minimum Gasteiger partial charge on any atom is -0.481 e. The first-order chi connectivity index (χ1) is 10.0. The molecule has 0 saturated carbocycles. The number of hydrogen-bond acceptors (Lipinski definition) is 4. The van der Waals surface area contributed by atoms with Gasteiger partial charge in [0.15, 0.2) is 0 Å². The second-order valence-electron chi connectivity index (χ2n) is 5.25. The van der Waals surface area contributed by atoms with Crippen LogP contribution >= 0.6 is 0 Å². The van der Waals surface area contributed by atoms with Crippen LogP contribution in [0.25, 0.3) is 10.9 Å². The van der Waals surface area contributed by atoms with Crippen molar-refractivity contribution in [2.75, 3.05) is 11.9 Å². The van der Waals surface area contributed by atoms with E-state index >= 15 is 0 Å². The number of nitrogens with one attached hydrogen (secondary N) is 1. The Morgan fingerprint density at radius 2 is 2.14 bits per heavy atom. The average molecular weight is 283 g/mol. The monoisotopic (exact) mass is 283 g/mol. The predicted molar refractivity (Wildman–Crippen MR) is 80.9 cm³/mol. The normalized spacial score (nSPS) is 12.1. The number of nitrogens with zero attached hydrogens (tertiary/aromatic N) is 2. The molecule has 0 aliphatic heterocycles. The highest BCUT2D eigenvalue weighted by Crippen LogP contribution is 2.26. The van der Waals surface area contributed by atoms with E-state index in [1.54, 1.807) is 0 Å². The molecule has 2 aromatic rings. The number of rotatable bonds is 5. The molecule has 0 aliphatic carbocycles. The molecule has 1 atom stereocenters. The molecule has 1 unspecified atom stereocenters. The molecular weight excluding hydrogens is 266 g/mol. The summed E-state index contributed by atoms with van der Waals surface area (Å²) in [5.74, 6) is -1.34. The largest absolute Gasteiger partial charge is 0.481 e. The van der Waals surface area contributed by atoms with Crippen molar-refractivity contribution in [3.63, 3.8) is 0 Å². The maximum absolute atomic E-state index is 11.3. The number of para-hydroxylation sites is 1. The Hall–Kier alpha value is -2.61. The zero-order valence-electron chi connectivity index (χ0n) is 12.0. The number of nitriles is 1. The summed E-state index contributed by atoms with van der Waals surface area (Å²) in [4.78, 5) is 15.5. The van der Waals surface area contributed by atoms with Crippen LogP contribution in [-0.4, -0.2) is 22.6 Å². The van der Waals surface area contributed by atoms with Gasteiger partial charge in [-0.25, -0.2) is 0 Å². The smallest absolute Gasteiger partial charge is 0.308 e. The summed E-state index contributed by atoms with van der Waals surface area (Å²) in [7, 11) is 0. The van der Waals surface area contributed by atoms with E-state index in [0.29, 0.717) is 11.3 Å². The van der Waals surface area contributed by atoms with E-state index < -0.39 is 11.9 Å². The van der Waals surface area contributed by atoms with Crippen LogP contribution in [0.4, 0.5) is 5.69 Å². The van der Waals surface area contributed by atoms with Gasteiger partial charge in [0.2, 0.25) is 0 Å². The fourth-order valence-corrected chi connectivity index (χ4v) is 2.24. The number of carboxylic acids is 1. The summed E-state index contributed by atoms with van der Waals surface area (Å²) in [6.07, 6.45) is 1.51. The molecule has 0 fully saturated rings. The highest BCUT2D eigenvalue weighted by atomic mass is 16.4. The molecule has 0 aliphatic rings. The molecule has 1 heterocycles. The van der Waals surface area contributed by atoms with Crippen LogP contribution in [0.3, 0.4) is 0 Å². The van der Waals surface area contributed by atoms with Crippen molar-refractivity contribution in [1.82, 2.24) is 4.98 Å². The van der Waals surface area contributed by atoms with Crippen molar-refractivity contribution < 1.29 is 9.90 Å². The molecule has 0 amide bonds. The van der Waals surface area contributed by atoms with Crippen LogP contribution in [0.15, 0.2) is 30.5 Å². The van der Waals surface area contributed by atoms with Gasteiger partial charge in [0.05, 0.1) is 22.7 Å². The Bertz CT molecular complexity index is 704. The van der Waals surface area contributed by atoms with Crippen LogP contribution < -0.4 is 5.32 Å². The molecule has 1 aromatic carbocycles. The molecule has 108 valence electrons. The van der Waals surface area contributed by atoms with Crippen molar-refractivity contribution in [2.45, 2.75) is 13.8 Å². The summed E-state index contributed by atoms with van der Waals surface area (Å²) in [5.41, 5.74) is 1.84. The first-order valence-corrected chi connectivity index (χ1v) is 6.79. The highest BCUT2D eigenvalue weighted by Gasteiger charge is 2.22. The van der Waals surface area contributed by atoms with E-state index in [1.165, 1.54) is 6.20 Å². The number of fused-ring (bicyclic) bond motifs is 1. The maximum atomic E-state index is 11.3. The minimum absolute atomic E-state index is 0.00800. The van der Waals surface area contributed by atoms with Crippen molar-refractivity contribution in [1.29, 1.82) is 5.26 Å². The Morgan fingerprint density at radius 3 is 2.76 bits per heavy atom. The molecule has 1 aromatic heterocycles. The average Bonchev–Trinajstić information content (AvgIpc) is 2.46. The minimum atomic E-state index is -0.839. The van der Waals surface area contributed by atoms with E-state index in [0.717, 1.165) is 10.9 Å². The second kappa shape index (κ2) is 6.23. The van der Waals surface area contributed by atoms with Crippen LogP contribution in [0, 0.1) is 23.2 Å². The van der Waals surface area contributed by atoms with E-state index in [-0.39, 0.29) is 12.5 Å². The Kier molecular flexibility index (Phi) is 4.39. The van der Waals surface area contributed by atoms with E-state index in [2.05, 4.69) is 16.4 Å². The third-order valence-corrected chi connectivity index (χ3v) is 3.52. The van der Waals surface area contributed by atoms with Crippen molar-refractivity contribution in [3.05, 3.63) is 36.0 Å². The lowest BCUT2D eigenvalue weighted by molar-refractivity contribution is -0.142. The molecule has 0 saturated heterocycles. The topological polar surface area (TPSA) is 86.0 Å². The van der Waals surface area contributed by atoms with Gasteiger partial charge in [0.25, 0.3) is 0 Å². The van der Waals surface area contributed by atoms with Crippen LogP contribution in [0.5, 0.6) is 0 Å². The summed E-state index contributed by atoms with van der Waals surface area (Å²) in [6.45, 7) is 4.02. The molecule has 0 radical (unpaired) electrons. The first kappa shape index (κ1) is 14.8. The van der Waals surface area contributed by atoms with Gasteiger partial charge in [-0.2, -0.15) is 5.26 Å². The fraction of sp³-hybridized carbons (Fsp3) is 0.312. The number of aliphatic carboxylic acids is 1. The maximum Gasteiger partial charge on any atom is 0.308 e. The number of carboxylic acid groups (broad SMARTS) is 1. The number of hydrogen-bond donors (Lipinski definition) is 2. The number of pyridine rings is 1. The van der Waals surface area contributed by atoms with Crippen LogP contribution in [0.1, 0.15) is 19.4 Å². The third-order valence-electron chi connectivity index (χ3n) is 3.52. The Morgan fingerprint density at radius 1 is 1.43 bits per heavy atom. The summed E-state index contributed by atoms with van der Waals surface area (Å²) >= 11 is 0. The number of benzene rings is 1. The molecular formula is C16H17N3O2. The second-order valence-corrected chi connectivity index (χ2v) is 5.25. The quantitative estimate of drug-likeness (QED) is 0.881. The Balaban J connectivity index is 2.37. The molecule has 2 N–H and O–H groups in total. The lowest BCUT2D eigenvalue weighted by Crippen LogP contribution is -2.27. The van der Waals surface area contributed by atoms with E-state index in [1.807, 2.05) is 38.1 Å². The number of carbonyl (C=O) groups is 1. The van der Waals surface area contributed by atoms with Gasteiger partial charge in [-0.1, -0.05) is 32.0 Å². The van der Waals surface area contributed by atoms with E-state index in [9.17, 15) is 15.2 Å². The standard InChI is InChI=1S/C16H17N3O2/c1-10(2)13(16(20)21)9-19-15-11(7-17)8-18-14-6-4-3-5-12(14)15/h3-6,8,10,13H,9H2,1-2H3,(H,18,19)(H,20,21). The predicted octanol–water partition coefficient (Wildman–Crippen LogP) is 2.88. The van der Waals surface area contributed by atoms with Crippen molar-refractivity contribution in [2.24, 2.45) is 11.8 Å². The van der Waals surface area contributed by atoms with Crippen molar-refractivity contribution in [3.8, 4) is 6.07 Å². The molecule has 0 spiro atoms. The zero-order chi connectivity index (χ0) is 15.4. The molecule has 0 bridgehead atoms. The van der Waals surface area contributed by atoms with Gasteiger partial charge in [0, 0.05) is 18.1 Å². The number of anilines is 1. The van der Waals surface area contributed by atoms with Gasteiger partial charge >= 0.3 is 5.97 Å². The Labute approximate surface area is 123 Å². The summed E-state index contributed by atoms with van der Waals surface area (Å²) in [5, 5.41) is 22.4. The molecule has 21 heavy (non-hydrogen) atoms. The number of aromatic nitrogens is 1. The SMILES string of the molecule is CC(C)C(CNc1c(C#N)cnc2ccccc12)C(=O)O. The first-order valence-electron chi connectivity index (χ1n) is 6.79. The van der Waals surface area contributed by atoms with Gasteiger partial charge in [-0.15, -0.1) is 0 Å². The van der Waals surface area contributed by atoms with Gasteiger partial charge in [0.1, 0.15) is 6.07 Å². The molecule has 2 rings (SSSR count). The van der Waals surface area contributed by atoms with Gasteiger partial charge < -0.3 is 10.4 Å². The van der Waals surface area contributed by atoms with Gasteiger partial charge in [-0.05, 0) is 12.0 Å². The van der Waals surface area contributed by atoms with Crippen LogP contribution in [-0.2, 0) is 4.79 Å². The summed E-state index contributed by atoms with van der Waals surface area (Å²) < 4.78 is 0.